The summed E-state index contributed by atoms with van der Waals surface area (Å²) >= 11 is 1.27. The summed E-state index contributed by atoms with van der Waals surface area (Å²) in [4.78, 5) is 12.2. The molecule has 2 aromatic heterocycles. The molecule has 0 atom stereocenters. The van der Waals surface area contributed by atoms with E-state index in [1.54, 1.807) is 6.26 Å². The molecule has 7 heteroatoms. The molecule has 0 aliphatic rings. The zero-order valence-corrected chi connectivity index (χ0v) is 14.1. The largest absolute Gasteiger partial charge is 0.464 e. The fraction of sp³-hybridized carbons (Fsp3) is 0.312. The Morgan fingerprint density at radius 2 is 2.09 bits per heavy atom. The maximum absolute atomic E-state index is 12.2. The number of amides is 1. The maximum Gasteiger partial charge on any atom is 0.224 e. The van der Waals surface area contributed by atoms with Crippen LogP contribution in [0.2, 0.25) is 0 Å². The number of nitrogen functional groups attached to an aromatic ring is 1. The average molecular weight is 330 g/mol. The quantitative estimate of drug-likeness (QED) is 0.767. The second-order valence-electron chi connectivity index (χ2n) is 5.59. The molecule has 0 saturated carbocycles. The van der Waals surface area contributed by atoms with Crippen molar-refractivity contribution in [3.63, 3.8) is 0 Å². The highest BCUT2D eigenvalue weighted by molar-refractivity contribution is 7.15. The molecule has 3 rings (SSSR count). The van der Waals surface area contributed by atoms with Crippen LogP contribution in [0.3, 0.4) is 0 Å². The highest BCUT2D eigenvalue weighted by atomic mass is 32.1. The second kappa shape index (κ2) is 6.00. The molecular weight excluding hydrogens is 312 g/mol. The van der Waals surface area contributed by atoms with Gasteiger partial charge in [-0.15, -0.1) is 10.2 Å². The van der Waals surface area contributed by atoms with Gasteiger partial charge in [-0.1, -0.05) is 17.4 Å². The molecular formula is C16H18N4O2S. The van der Waals surface area contributed by atoms with Crippen LogP contribution < -0.4 is 11.1 Å². The number of benzene rings is 1. The lowest BCUT2D eigenvalue weighted by atomic mass is 9.99. The minimum atomic E-state index is -0.0842. The number of rotatable bonds is 4. The minimum Gasteiger partial charge on any atom is -0.464 e. The van der Waals surface area contributed by atoms with Crippen LogP contribution in [0.5, 0.6) is 0 Å². The van der Waals surface area contributed by atoms with Gasteiger partial charge in [-0.3, -0.25) is 4.79 Å². The van der Waals surface area contributed by atoms with Crippen LogP contribution in [0.25, 0.3) is 11.0 Å². The van der Waals surface area contributed by atoms with Gasteiger partial charge in [0.15, 0.2) is 0 Å². The first-order valence-corrected chi connectivity index (χ1v) is 8.08. The monoisotopic (exact) mass is 330 g/mol. The number of hydrogen-bond acceptors (Lipinski definition) is 6. The Balaban J connectivity index is 1.76. The summed E-state index contributed by atoms with van der Waals surface area (Å²) in [5, 5.41) is 12.6. The van der Waals surface area contributed by atoms with Crippen LogP contribution in [-0.4, -0.2) is 16.1 Å². The number of furan rings is 1. The van der Waals surface area contributed by atoms with Crippen LogP contribution in [0.15, 0.2) is 16.7 Å². The van der Waals surface area contributed by atoms with E-state index in [1.807, 2.05) is 13.8 Å². The molecule has 0 radical (unpaired) electrons. The zero-order chi connectivity index (χ0) is 16.6. The van der Waals surface area contributed by atoms with Crippen LogP contribution >= 0.6 is 11.3 Å². The van der Waals surface area contributed by atoms with Gasteiger partial charge in [0.2, 0.25) is 11.0 Å². The van der Waals surface area contributed by atoms with E-state index in [-0.39, 0.29) is 12.3 Å². The number of nitrogens with two attached hydrogens (primary N) is 1. The molecule has 23 heavy (non-hydrogen) atoms. The Bertz CT molecular complexity index is 882. The van der Waals surface area contributed by atoms with Crippen molar-refractivity contribution in [3.05, 3.63) is 39.6 Å². The normalized spacial score (nSPS) is 11.1. The van der Waals surface area contributed by atoms with E-state index in [0.29, 0.717) is 16.7 Å². The molecule has 1 aromatic carbocycles. The standard InChI is InChI=1S/C16H18N4O2S/c1-8-4-9(2)14-11(7-22-15(14)10(8)3)5-12(21)18-6-13-19-20-16(17)23-13/h4,7H,5-6H2,1-3H3,(H2,17,20)(H,18,21). The molecule has 0 saturated heterocycles. The Hall–Kier alpha value is -2.41. The van der Waals surface area contributed by atoms with Gasteiger partial charge in [-0.25, -0.2) is 0 Å². The molecule has 0 fully saturated rings. The summed E-state index contributed by atoms with van der Waals surface area (Å²) in [6.07, 6.45) is 1.94. The first kappa shape index (κ1) is 15.5. The van der Waals surface area contributed by atoms with E-state index in [0.717, 1.165) is 27.7 Å². The Kier molecular flexibility index (Phi) is 4.04. The predicted molar refractivity (Wildman–Crippen MR) is 90.3 cm³/mol. The van der Waals surface area contributed by atoms with Crippen LogP contribution in [0.1, 0.15) is 27.3 Å². The van der Waals surface area contributed by atoms with Crippen molar-refractivity contribution in [1.29, 1.82) is 0 Å². The van der Waals surface area contributed by atoms with Crippen molar-refractivity contribution >= 4 is 33.3 Å². The lowest BCUT2D eigenvalue weighted by Crippen LogP contribution is -2.24. The molecule has 0 unspecified atom stereocenters. The summed E-state index contributed by atoms with van der Waals surface area (Å²) in [5.74, 6) is -0.0842. The molecule has 120 valence electrons. The third-order valence-electron chi connectivity index (χ3n) is 3.90. The minimum absolute atomic E-state index is 0.0842. The number of anilines is 1. The number of carbonyl (C=O) groups excluding carboxylic acids is 1. The number of aromatic nitrogens is 2. The van der Waals surface area contributed by atoms with Gasteiger partial charge >= 0.3 is 0 Å². The van der Waals surface area contributed by atoms with Gasteiger partial charge in [-0.2, -0.15) is 0 Å². The lowest BCUT2D eigenvalue weighted by Gasteiger charge is -2.06. The van der Waals surface area contributed by atoms with Crippen molar-refractivity contribution < 1.29 is 9.21 Å². The number of aryl methyl sites for hydroxylation is 3. The highest BCUT2D eigenvalue weighted by Gasteiger charge is 2.15. The van der Waals surface area contributed by atoms with Crippen LogP contribution in [0, 0.1) is 20.8 Å². The molecule has 0 aliphatic heterocycles. The Labute approximate surface area is 137 Å². The zero-order valence-electron chi connectivity index (χ0n) is 13.3. The van der Waals surface area contributed by atoms with Crippen molar-refractivity contribution in [1.82, 2.24) is 15.5 Å². The Morgan fingerprint density at radius 1 is 1.30 bits per heavy atom. The van der Waals surface area contributed by atoms with Gasteiger partial charge in [0.25, 0.3) is 0 Å². The SMILES string of the molecule is Cc1cc(C)c2c(CC(=O)NCc3nnc(N)s3)coc2c1C. The molecule has 6 nitrogen and oxygen atoms in total. The smallest absolute Gasteiger partial charge is 0.224 e. The van der Waals surface area contributed by atoms with E-state index >= 15 is 0 Å². The lowest BCUT2D eigenvalue weighted by molar-refractivity contribution is -0.120. The number of fused-ring (bicyclic) bond motifs is 1. The summed E-state index contributed by atoms with van der Waals surface area (Å²) in [7, 11) is 0. The fourth-order valence-electron chi connectivity index (χ4n) is 2.66. The van der Waals surface area contributed by atoms with Crippen molar-refractivity contribution in [2.24, 2.45) is 0 Å². The fourth-order valence-corrected chi connectivity index (χ4v) is 3.21. The van der Waals surface area contributed by atoms with Gasteiger partial charge in [0.05, 0.1) is 19.2 Å². The Morgan fingerprint density at radius 3 is 2.78 bits per heavy atom. The van der Waals surface area contributed by atoms with Crippen LogP contribution in [0.4, 0.5) is 5.13 Å². The molecule has 0 spiro atoms. The number of nitrogens with zero attached hydrogens (tertiary/aromatic N) is 2. The van der Waals surface area contributed by atoms with Crippen molar-refractivity contribution in [2.75, 3.05) is 5.73 Å². The molecule has 3 N–H and O–H groups in total. The van der Waals surface area contributed by atoms with E-state index in [4.69, 9.17) is 10.2 Å². The average Bonchev–Trinajstić information content (AvgIpc) is 3.09. The van der Waals surface area contributed by atoms with E-state index in [2.05, 4.69) is 28.5 Å². The highest BCUT2D eigenvalue weighted by Crippen LogP contribution is 2.30. The van der Waals surface area contributed by atoms with E-state index in [9.17, 15) is 4.79 Å². The summed E-state index contributed by atoms with van der Waals surface area (Å²) in [6.45, 7) is 6.46. The molecule has 2 heterocycles. The van der Waals surface area contributed by atoms with Gasteiger partial charge in [-0.05, 0) is 37.5 Å². The van der Waals surface area contributed by atoms with E-state index < -0.39 is 0 Å². The van der Waals surface area contributed by atoms with Gasteiger partial charge < -0.3 is 15.5 Å². The first-order valence-electron chi connectivity index (χ1n) is 7.27. The van der Waals surface area contributed by atoms with E-state index in [1.165, 1.54) is 16.9 Å². The van der Waals surface area contributed by atoms with Gasteiger partial charge in [0, 0.05) is 10.9 Å². The molecule has 0 aliphatic carbocycles. The summed E-state index contributed by atoms with van der Waals surface area (Å²) in [6, 6.07) is 2.12. The number of nitrogens with one attached hydrogen (secondary N) is 1. The maximum atomic E-state index is 12.2. The van der Waals surface area contributed by atoms with Gasteiger partial charge in [0.1, 0.15) is 10.6 Å². The third-order valence-corrected chi connectivity index (χ3v) is 4.65. The summed E-state index contributed by atoms with van der Waals surface area (Å²) < 4.78 is 5.69. The van der Waals surface area contributed by atoms with Crippen molar-refractivity contribution in [3.8, 4) is 0 Å². The van der Waals surface area contributed by atoms with Crippen LogP contribution in [-0.2, 0) is 17.8 Å². The number of hydrogen-bond donors (Lipinski definition) is 2. The topological polar surface area (TPSA) is 94.0 Å². The molecule has 3 aromatic rings. The molecule has 0 bridgehead atoms. The molecule has 1 amide bonds. The third kappa shape index (κ3) is 3.05. The predicted octanol–water partition coefficient (Wildman–Crippen LogP) is 2.65. The number of carbonyl (C=O) groups is 1. The first-order chi connectivity index (χ1) is 11.0. The summed E-state index contributed by atoms with van der Waals surface area (Å²) in [5.41, 5.74) is 10.7. The van der Waals surface area contributed by atoms with Crippen molar-refractivity contribution in [2.45, 2.75) is 33.7 Å². The second-order valence-corrected chi connectivity index (χ2v) is 6.68.